The Morgan fingerprint density at radius 3 is 1.83 bits per heavy atom. The second-order valence-electron chi connectivity index (χ2n) is 4.40. The fraction of sp³-hybridized carbons (Fsp3) is 0.308. The molecule has 0 aliphatic carbocycles. The minimum Gasteiger partial charge on any atom is -0.366 e. The molecule has 0 saturated carbocycles. The van der Waals surface area contributed by atoms with Crippen molar-refractivity contribution in [2.45, 2.75) is 19.4 Å². The summed E-state index contributed by atoms with van der Waals surface area (Å²) < 4.78 is 29.5. The molecule has 3 amide bonds. The Kier molecular flexibility index (Phi) is 14.7. The summed E-state index contributed by atoms with van der Waals surface area (Å²) in [7, 11) is -4.08. The van der Waals surface area contributed by atoms with Crippen LogP contribution < -0.4 is 16.4 Å². The molecular weight excluding hydrogens is 326 g/mol. The molecule has 10 heteroatoms. The lowest BCUT2D eigenvalue weighted by Crippen LogP contribution is -2.47. The molecular formula is C13H23N3O6S. The summed E-state index contributed by atoms with van der Waals surface area (Å²) in [6.45, 7) is 12.5. The second-order valence-corrected chi connectivity index (χ2v) is 5.85. The van der Waals surface area contributed by atoms with Gasteiger partial charge in [0.1, 0.15) is 0 Å². The number of carbonyl (C=O) groups excluding carboxylic acids is 3. The lowest BCUT2D eigenvalue weighted by atomic mass is 10.1. The van der Waals surface area contributed by atoms with Crippen LogP contribution >= 0.6 is 0 Å². The van der Waals surface area contributed by atoms with E-state index in [0.29, 0.717) is 6.41 Å². The lowest BCUT2D eigenvalue weighted by molar-refractivity contribution is -0.118. The smallest absolute Gasteiger partial charge is 0.267 e. The minimum absolute atomic E-state index is 0.478. The van der Waals surface area contributed by atoms with Crippen molar-refractivity contribution in [2.75, 3.05) is 5.75 Å². The van der Waals surface area contributed by atoms with E-state index < -0.39 is 33.2 Å². The van der Waals surface area contributed by atoms with Crippen LogP contribution in [0.4, 0.5) is 0 Å². The maximum atomic E-state index is 10.8. The van der Waals surface area contributed by atoms with Gasteiger partial charge in [0.2, 0.25) is 18.2 Å². The highest BCUT2D eigenvalue weighted by molar-refractivity contribution is 7.85. The maximum Gasteiger partial charge on any atom is 0.267 e. The summed E-state index contributed by atoms with van der Waals surface area (Å²) in [6.07, 6.45) is 3.96. The molecule has 0 aromatic rings. The fourth-order valence-corrected chi connectivity index (χ4v) is 1.91. The van der Waals surface area contributed by atoms with Gasteiger partial charge in [-0.2, -0.15) is 8.42 Å². The van der Waals surface area contributed by atoms with Gasteiger partial charge < -0.3 is 16.4 Å². The molecule has 132 valence electrons. The van der Waals surface area contributed by atoms with Crippen LogP contribution in [0.3, 0.4) is 0 Å². The first-order valence-electron chi connectivity index (χ1n) is 5.97. The lowest BCUT2D eigenvalue weighted by Gasteiger charge is -2.23. The first kappa shape index (κ1) is 25.5. The van der Waals surface area contributed by atoms with Crippen molar-refractivity contribution in [2.24, 2.45) is 5.73 Å². The minimum atomic E-state index is -4.08. The van der Waals surface area contributed by atoms with E-state index >= 15 is 0 Å². The van der Waals surface area contributed by atoms with E-state index in [1.165, 1.54) is 20.0 Å². The van der Waals surface area contributed by atoms with Crippen molar-refractivity contribution in [3.05, 3.63) is 38.1 Å². The molecule has 0 aromatic heterocycles. The van der Waals surface area contributed by atoms with E-state index in [2.05, 4.69) is 36.1 Å². The monoisotopic (exact) mass is 349 g/mol. The van der Waals surface area contributed by atoms with Gasteiger partial charge in [-0.15, -0.1) is 0 Å². The third-order valence-corrected chi connectivity index (χ3v) is 2.66. The first-order valence-corrected chi connectivity index (χ1v) is 7.58. The Labute approximate surface area is 136 Å². The zero-order valence-electron chi connectivity index (χ0n) is 13.1. The molecule has 0 unspecified atom stereocenters. The van der Waals surface area contributed by atoms with Gasteiger partial charge in [0, 0.05) is 0 Å². The van der Waals surface area contributed by atoms with Crippen LogP contribution in [0.5, 0.6) is 0 Å². The molecule has 5 N–H and O–H groups in total. The molecule has 0 aromatic carbocycles. The normalized spacial score (nSPS) is 9.52. The number of carbonyl (C=O) groups is 3. The van der Waals surface area contributed by atoms with E-state index in [1.807, 2.05) is 0 Å². The number of nitrogens with two attached hydrogens (primary N) is 1. The summed E-state index contributed by atoms with van der Waals surface area (Å²) in [4.78, 5) is 29.5. The highest BCUT2D eigenvalue weighted by Crippen LogP contribution is 2.05. The molecule has 23 heavy (non-hydrogen) atoms. The molecule has 0 aliphatic rings. The molecule has 0 spiro atoms. The number of hydrogen-bond acceptors (Lipinski definition) is 5. The zero-order chi connectivity index (χ0) is 19.1. The van der Waals surface area contributed by atoms with Crippen LogP contribution in [-0.4, -0.2) is 42.5 Å². The molecule has 0 fully saturated rings. The van der Waals surface area contributed by atoms with E-state index in [4.69, 9.17) is 4.55 Å². The van der Waals surface area contributed by atoms with E-state index in [1.54, 1.807) is 0 Å². The molecule has 9 nitrogen and oxygen atoms in total. The highest BCUT2D eigenvalue weighted by Gasteiger charge is 2.25. The van der Waals surface area contributed by atoms with E-state index in [0.717, 1.165) is 12.2 Å². The standard InChI is InChI=1S/C7H13NO4S.2C3H5NO/c1-4-6(9)8-7(2,3)5-13(10,11)12;1-2-4-3-5;1-2-3(4)5/h4H,1,5H2,2-3H3,(H,8,9)(H,10,11,12);2-3H,1H2,(H,4,5);2H,1H2,(H2,4,5). The van der Waals surface area contributed by atoms with Crippen molar-refractivity contribution < 1.29 is 27.4 Å². The summed E-state index contributed by atoms with van der Waals surface area (Å²) in [5.41, 5.74) is 3.53. The molecule has 0 aliphatic heterocycles. The molecule has 0 heterocycles. The van der Waals surface area contributed by atoms with Crippen molar-refractivity contribution >= 4 is 28.3 Å². The summed E-state index contributed by atoms with van der Waals surface area (Å²) in [5.74, 6) is -1.49. The largest absolute Gasteiger partial charge is 0.366 e. The Morgan fingerprint density at radius 1 is 1.22 bits per heavy atom. The third-order valence-electron chi connectivity index (χ3n) is 1.58. The summed E-state index contributed by atoms with van der Waals surface area (Å²) in [5, 5.41) is 4.56. The van der Waals surface area contributed by atoms with Crippen LogP contribution in [0.15, 0.2) is 38.1 Å². The average molecular weight is 349 g/mol. The second kappa shape index (κ2) is 13.2. The fourth-order valence-electron chi connectivity index (χ4n) is 0.925. The van der Waals surface area contributed by atoms with Crippen molar-refractivity contribution in [1.29, 1.82) is 0 Å². The Balaban J connectivity index is -0.000000329. The predicted molar refractivity (Wildman–Crippen MR) is 87.6 cm³/mol. The maximum absolute atomic E-state index is 10.8. The predicted octanol–water partition coefficient (Wildman–Crippen LogP) is -0.511. The number of nitrogens with one attached hydrogen (secondary N) is 2. The van der Waals surface area contributed by atoms with Gasteiger partial charge in [0.25, 0.3) is 10.1 Å². The van der Waals surface area contributed by atoms with Gasteiger partial charge in [0.15, 0.2) is 0 Å². The number of amides is 3. The van der Waals surface area contributed by atoms with Gasteiger partial charge >= 0.3 is 0 Å². The molecule has 0 radical (unpaired) electrons. The number of hydrogen-bond donors (Lipinski definition) is 4. The van der Waals surface area contributed by atoms with Crippen molar-refractivity contribution in [3.8, 4) is 0 Å². The molecule has 0 rings (SSSR count). The van der Waals surface area contributed by atoms with E-state index in [-0.39, 0.29) is 0 Å². The molecule has 0 saturated heterocycles. The number of rotatable bonds is 7. The SMILES string of the molecule is C=CC(=O)NC(C)(C)CS(=O)(=O)O.C=CC(N)=O.C=CNC=O. The Bertz CT molecular complexity index is 520. The zero-order valence-corrected chi connectivity index (χ0v) is 13.9. The van der Waals surface area contributed by atoms with Crippen LogP contribution in [0.25, 0.3) is 0 Å². The van der Waals surface area contributed by atoms with Gasteiger partial charge in [-0.25, -0.2) is 0 Å². The Hall–Kier alpha value is -2.46. The van der Waals surface area contributed by atoms with Gasteiger partial charge in [-0.1, -0.05) is 19.7 Å². The molecule has 0 bridgehead atoms. The van der Waals surface area contributed by atoms with Crippen molar-refractivity contribution in [3.63, 3.8) is 0 Å². The van der Waals surface area contributed by atoms with Crippen molar-refractivity contribution in [1.82, 2.24) is 10.6 Å². The van der Waals surface area contributed by atoms with Crippen LogP contribution in [0.2, 0.25) is 0 Å². The quantitative estimate of drug-likeness (QED) is 0.275. The summed E-state index contributed by atoms with van der Waals surface area (Å²) >= 11 is 0. The first-order chi connectivity index (χ1) is 10.3. The highest BCUT2D eigenvalue weighted by atomic mass is 32.2. The van der Waals surface area contributed by atoms with Crippen LogP contribution in [0.1, 0.15) is 13.8 Å². The topological polar surface area (TPSA) is 156 Å². The Morgan fingerprint density at radius 2 is 1.65 bits per heavy atom. The molecule has 0 atom stereocenters. The average Bonchev–Trinajstić information content (AvgIpc) is 2.37. The van der Waals surface area contributed by atoms with Gasteiger partial charge in [0.05, 0.1) is 11.3 Å². The van der Waals surface area contributed by atoms with Gasteiger partial charge in [-0.3, -0.25) is 18.9 Å². The third kappa shape index (κ3) is 28.4. The summed E-state index contributed by atoms with van der Waals surface area (Å²) in [6, 6.07) is 0. The van der Waals surface area contributed by atoms with Gasteiger partial charge in [-0.05, 0) is 32.2 Å². The van der Waals surface area contributed by atoms with Crippen LogP contribution in [0, 0.1) is 0 Å². The van der Waals surface area contributed by atoms with Crippen LogP contribution in [-0.2, 0) is 24.5 Å². The number of primary amides is 1. The van der Waals surface area contributed by atoms with E-state index in [9.17, 15) is 22.8 Å².